The highest BCUT2D eigenvalue weighted by Gasteiger charge is 2.40. The number of hydrogen-bond acceptors (Lipinski definition) is 7. The van der Waals surface area contributed by atoms with Crippen LogP contribution in [0.1, 0.15) is 29.3 Å². The number of carboxylic acid groups (broad SMARTS) is 1. The molecule has 2 amide bonds. The largest absolute Gasteiger partial charge is 0.496 e. The third kappa shape index (κ3) is 5.17. The molecule has 3 N–H and O–H groups in total. The Labute approximate surface area is 196 Å². The highest BCUT2D eigenvalue weighted by Crippen LogP contribution is 2.30. The van der Waals surface area contributed by atoms with Crippen LogP contribution in [0.5, 0.6) is 5.75 Å². The van der Waals surface area contributed by atoms with E-state index in [0.29, 0.717) is 17.1 Å². The van der Waals surface area contributed by atoms with Gasteiger partial charge in [0.25, 0.3) is 0 Å². The van der Waals surface area contributed by atoms with Crippen LogP contribution in [0.3, 0.4) is 0 Å². The molecule has 0 saturated carbocycles. The number of aromatic carboxylic acids is 1. The van der Waals surface area contributed by atoms with Crippen molar-refractivity contribution in [2.75, 3.05) is 12.0 Å². The monoisotopic (exact) mass is 518 g/mol. The standard InChI is InChI=1S/C21H19BrN4O5S/c1-11(13-5-8-16(31-2)15(22)9-13)24-25-21(23)32-17-10-18(27)26(19(17)28)14-6-3-12(4-7-14)20(29)30/h3-9,17H,10H2,1-2H3,(H2,23,25)(H,29,30)/b24-11-/t17-/m1/s1. The number of benzene rings is 2. The number of nitrogens with zero attached hydrogens (tertiary/aromatic N) is 3. The average molecular weight is 519 g/mol. The molecule has 2 aromatic carbocycles. The van der Waals surface area contributed by atoms with Gasteiger partial charge in [0.15, 0.2) is 5.17 Å². The van der Waals surface area contributed by atoms with Gasteiger partial charge < -0.3 is 15.6 Å². The van der Waals surface area contributed by atoms with E-state index in [1.807, 2.05) is 12.1 Å². The molecule has 0 spiro atoms. The molecule has 0 bridgehead atoms. The summed E-state index contributed by atoms with van der Waals surface area (Å²) in [5, 5.41) is 16.4. The van der Waals surface area contributed by atoms with Gasteiger partial charge in [-0.15, -0.1) is 5.10 Å². The number of imide groups is 1. The van der Waals surface area contributed by atoms with Gasteiger partial charge in [-0.25, -0.2) is 9.69 Å². The van der Waals surface area contributed by atoms with Crippen molar-refractivity contribution >= 4 is 62.0 Å². The molecule has 2 aromatic rings. The Morgan fingerprint density at radius 1 is 1.19 bits per heavy atom. The SMILES string of the molecule is COc1ccc(/C(C)=N\N=C(N)S[C@@H]2CC(=O)N(c3ccc(C(=O)O)cc3)C2=O)cc1Br. The molecule has 1 aliphatic heterocycles. The number of carbonyl (C=O) groups is 3. The summed E-state index contributed by atoms with van der Waals surface area (Å²) >= 11 is 4.37. The molecule has 1 saturated heterocycles. The summed E-state index contributed by atoms with van der Waals surface area (Å²) < 4.78 is 5.97. The first-order chi connectivity index (χ1) is 15.2. The van der Waals surface area contributed by atoms with Crippen LogP contribution >= 0.6 is 27.7 Å². The van der Waals surface area contributed by atoms with Crippen molar-refractivity contribution < 1.29 is 24.2 Å². The lowest BCUT2D eigenvalue weighted by Crippen LogP contribution is -2.31. The van der Waals surface area contributed by atoms with Crippen molar-refractivity contribution in [2.45, 2.75) is 18.6 Å². The molecule has 1 aliphatic rings. The Morgan fingerprint density at radius 3 is 2.44 bits per heavy atom. The van der Waals surface area contributed by atoms with Gasteiger partial charge in [-0.1, -0.05) is 11.8 Å². The highest BCUT2D eigenvalue weighted by molar-refractivity contribution is 9.10. The van der Waals surface area contributed by atoms with E-state index >= 15 is 0 Å². The zero-order valence-electron chi connectivity index (χ0n) is 17.1. The van der Waals surface area contributed by atoms with E-state index in [4.69, 9.17) is 15.6 Å². The Morgan fingerprint density at radius 2 is 1.84 bits per heavy atom. The van der Waals surface area contributed by atoms with E-state index in [1.54, 1.807) is 20.1 Å². The lowest BCUT2D eigenvalue weighted by molar-refractivity contribution is -0.121. The van der Waals surface area contributed by atoms with E-state index < -0.39 is 23.0 Å². The van der Waals surface area contributed by atoms with Crippen molar-refractivity contribution in [1.29, 1.82) is 0 Å². The van der Waals surface area contributed by atoms with Crippen LogP contribution in [0.25, 0.3) is 0 Å². The van der Waals surface area contributed by atoms with Gasteiger partial charge in [0.1, 0.15) is 11.0 Å². The fourth-order valence-corrected chi connectivity index (χ4v) is 4.32. The second-order valence-electron chi connectivity index (χ2n) is 6.70. The third-order valence-electron chi connectivity index (χ3n) is 4.61. The maximum atomic E-state index is 12.7. The molecule has 166 valence electrons. The number of methoxy groups -OCH3 is 1. The van der Waals surface area contributed by atoms with Crippen LogP contribution in [-0.2, 0) is 9.59 Å². The van der Waals surface area contributed by atoms with Crippen LogP contribution in [0.4, 0.5) is 5.69 Å². The first-order valence-corrected chi connectivity index (χ1v) is 11.0. The van der Waals surface area contributed by atoms with Crippen molar-refractivity contribution in [3.63, 3.8) is 0 Å². The number of carboxylic acids is 1. The zero-order chi connectivity index (χ0) is 23.4. The minimum Gasteiger partial charge on any atom is -0.496 e. The predicted molar refractivity (Wildman–Crippen MR) is 126 cm³/mol. The Bertz CT molecular complexity index is 1130. The van der Waals surface area contributed by atoms with Crippen LogP contribution in [0.15, 0.2) is 57.1 Å². The number of amidine groups is 1. The van der Waals surface area contributed by atoms with Crippen molar-refractivity contribution in [3.8, 4) is 5.75 Å². The molecule has 1 atom stereocenters. The second kappa shape index (κ2) is 9.96. The third-order valence-corrected chi connectivity index (χ3v) is 6.20. The number of nitrogens with two attached hydrogens (primary N) is 1. The first kappa shape index (κ1) is 23.5. The molecule has 9 nitrogen and oxygen atoms in total. The number of halogens is 1. The van der Waals surface area contributed by atoms with Gasteiger partial charge in [0, 0.05) is 6.42 Å². The number of anilines is 1. The fourth-order valence-electron chi connectivity index (χ4n) is 2.96. The summed E-state index contributed by atoms with van der Waals surface area (Å²) in [4.78, 5) is 37.1. The molecule has 3 rings (SSSR count). The van der Waals surface area contributed by atoms with Crippen LogP contribution < -0.4 is 15.4 Å². The van der Waals surface area contributed by atoms with Crippen LogP contribution in [-0.4, -0.2) is 46.1 Å². The van der Waals surface area contributed by atoms with Crippen molar-refractivity contribution in [3.05, 3.63) is 58.1 Å². The normalized spacial score (nSPS) is 17.1. The van der Waals surface area contributed by atoms with Gasteiger partial charge in [-0.05, 0) is 70.9 Å². The number of amides is 2. The summed E-state index contributed by atoms with van der Waals surface area (Å²) in [6, 6.07) is 11.0. The number of carbonyl (C=O) groups excluding carboxylic acids is 2. The minimum absolute atomic E-state index is 0.0471. The van der Waals surface area contributed by atoms with E-state index in [1.165, 1.54) is 24.3 Å². The van der Waals surface area contributed by atoms with Crippen molar-refractivity contribution in [2.24, 2.45) is 15.9 Å². The Kier molecular flexibility index (Phi) is 7.31. The van der Waals surface area contributed by atoms with E-state index in [0.717, 1.165) is 26.7 Å². The van der Waals surface area contributed by atoms with Gasteiger partial charge in [0.05, 0.1) is 28.5 Å². The van der Waals surface area contributed by atoms with Crippen LogP contribution in [0.2, 0.25) is 0 Å². The number of thioether (sulfide) groups is 1. The topological polar surface area (TPSA) is 135 Å². The molecule has 0 unspecified atom stereocenters. The van der Waals surface area contributed by atoms with Gasteiger partial charge >= 0.3 is 5.97 Å². The Balaban J connectivity index is 1.70. The number of ether oxygens (including phenoxy) is 1. The molecule has 0 aliphatic carbocycles. The maximum Gasteiger partial charge on any atom is 0.335 e. The van der Waals surface area contributed by atoms with E-state index in [-0.39, 0.29) is 17.2 Å². The Hall–Kier alpha value is -3.18. The molecule has 0 radical (unpaired) electrons. The van der Waals surface area contributed by atoms with Crippen LogP contribution in [0, 0.1) is 0 Å². The quantitative estimate of drug-likeness (QED) is 0.259. The lowest BCUT2D eigenvalue weighted by Gasteiger charge is -2.14. The summed E-state index contributed by atoms with van der Waals surface area (Å²) in [7, 11) is 1.57. The highest BCUT2D eigenvalue weighted by atomic mass is 79.9. The molecule has 32 heavy (non-hydrogen) atoms. The summed E-state index contributed by atoms with van der Waals surface area (Å²) in [5.41, 5.74) is 7.71. The summed E-state index contributed by atoms with van der Waals surface area (Å²) in [6.07, 6.45) is -0.0471. The number of hydrogen-bond donors (Lipinski definition) is 2. The summed E-state index contributed by atoms with van der Waals surface area (Å²) in [5.74, 6) is -1.25. The summed E-state index contributed by atoms with van der Waals surface area (Å²) in [6.45, 7) is 1.77. The zero-order valence-corrected chi connectivity index (χ0v) is 19.5. The average Bonchev–Trinajstić information content (AvgIpc) is 3.04. The maximum absolute atomic E-state index is 12.7. The first-order valence-electron chi connectivity index (χ1n) is 9.29. The molecule has 1 fully saturated rings. The molecular weight excluding hydrogens is 500 g/mol. The molecule has 0 aromatic heterocycles. The molecular formula is C21H19BrN4O5S. The van der Waals surface area contributed by atoms with Gasteiger partial charge in [-0.3, -0.25) is 9.59 Å². The molecule has 11 heteroatoms. The number of rotatable bonds is 6. The van der Waals surface area contributed by atoms with E-state index in [9.17, 15) is 14.4 Å². The predicted octanol–water partition coefficient (Wildman–Crippen LogP) is 3.26. The van der Waals surface area contributed by atoms with Gasteiger partial charge in [-0.2, -0.15) is 5.10 Å². The fraction of sp³-hybridized carbons (Fsp3) is 0.190. The van der Waals surface area contributed by atoms with E-state index in [2.05, 4.69) is 26.1 Å². The molecule has 1 heterocycles. The smallest absolute Gasteiger partial charge is 0.335 e. The van der Waals surface area contributed by atoms with Gasteiger partial charge in [0.2, 0.25) is 11.8 Å². The van der Waals surface area contributed by atoms with Crippen molar-refractivity contribution in [1.82, 2.24) is 0 Å². The second-order valence-corrected chi connectivity index (χ2v) is 8.78. The minimum atomic E-state index is -1.09. The lowest BCUT2D eigenvalue weighted by atomic mass is 10.1.